The van der Waals surface area contributed by atoms with Gasteiger partial charge < -0.3 is 10.1 Å². The number of hydrogen-bond donors (Lipinski definition) is 1. The minimum atomic E-state index is -3.62. The molecular weight excluding hydrogens is 424 g/mol. The molecule has 2 aromatic carbocycles. The number of rotatable bonds is 8. The van der Waals surface area contributed by atoms with E-state index in [0.29, 0.717) is 16.5 Å². The van der Waals surface area contributed by atoms with Gasteiger partial charge >= 0.3 is 0 Å². The Morgan fingerprint density at radius 2 is 1.77 bits per heavy atom. The molecule has 0 radical (unpaired) electrons. The summed E-state index contributed by atoms with van der Waals surface area (Å²) in [5.41, 5.74) is 2.44. The van der Waals surface area contributed by atoms with E-state index in [1.165, 1.54) is 0 Å². The van der Waals surface area contributed by atoms with Crippen molar-refractivity contribution in [1.82, 2.24) is 5.32 Å². The van der Waals surface area contributed by atoms with E-state index < -0.39 is 15.9 Å². The van der Waals surface area contributed by atoms with Crippen LogP contribution in [0.3, 0.4) is 0 Å². The van der Waals surface area contributed by atoms with Gasteiger partial charge in [-0.3, -0.25) is 9.10 Å². The summed E-state index contributed by atoms with van der Waals surface area (Å²) in [6.45, 7) is 8.32. The first kappa shape index (κ1) is 24.0. The fraction of sp³-hybridized carbons (Fsp3) is 0.409. The molecule has 6 nitrogen and oxygen atoms in total. The van der Waals surface area contributed by atoms with Gasteiger partial charge in [0, 0.05) is 5.02 Å². The number of nitrogens with zero attached hydrogens (tertiary/aromatic N) is 1. The smallest absolute Gasteiger partial charge is 0.240 e. The van der Waals surface area contributed by atoms with Crippen LogP contribution in [-0.2, 0) is 20.2 Å². The highest BCUT2D eigenvalue weighted by atomic mass is 35.5. The van der Waals surface area contributed by atoms with Crippen LogP contribution in [0.1, 0.15) is 31.9 Å². The number of hydrogen-bond acceptors (Lipinski definition) is 4. The number of carbonyl (C=O) groups is 1. The third-order valence-corrected chi connectivity index (χ3v) is 6.09. The zero-order valence-electron chi connectivity index (χ0n) is 18.0. The molecule has 0 aliphatic rings. The molecule has 0 atom stereocenters. The van der Waals surface area contributed by atoms with Crippen molar-refractivity contribution >= 4 is 33.2 Å². The van der Waals surface area contributed by atoms with Gasteiger partial charge in [-0.15, -0.1) is 0 Å². The summed E-state index contributed by atoms with van der Waals surface area (Å²) >= 11 is 6.06. The first-order chi connectivity index (χ1) is 13.9. The fourth-order valence-electron chi connectivity index (χ4n) is 2.74. The number of nitrogens with one attached hydrogen (secondary N) is 1. The molecule has 0 bridgehead atoms. The third-order valence-electron chi connectivity index (χ3n) is 4.55. The summed E-state index contributed by atoms with van der Waals surface area (Å²) in [5, 5.41) is 3.29. The van der Waals surface area contributed by atoms with E-state index in [4.69, 9.17) is 16.3 Å². The third kappa shape index (κ3) is 6.92. The van der Waals surface area contributed by atoms with Crippen LogP contribution in [0.4, 0.5) is 5.69 Å². The Morgan fingerprint density at radius 3 is 2.30 bits per heavy atom. The van der Waals surface area contributed by atoms with Gasteiger partial charge in [-0.05, 0) is 47.7 Å². The number of benzene rings is 2. The predicted molar refractivity (Wildman–Crippen MR) is 122 cm³/mol. The zero-order chi connectivity index (χ0) is 22.5. The van der Waals surface area contributed by atoms with Gasteiger partial charge in [0.2, 0.25) is 15.9 Å². The number of amides is 1. The Balaban J connectivity index is 1.94. The van der Waals surface area contributed by atoms with E-state index in [1.54, 1.807) is 24.3 Å². The van der Waals surface area contributed by atoms with Crippen molar-refractivity contribution in [2.75, 3.05) is 30.3 Å². The molecule has 8 heteroatoms. The molecule has 1 amide bonds. The molecule has 0 saturated carbocycles. The summed E-state index contributed by atoms with van der Waals surface area (Å²) in [6.07, 6.45) is 1.09. The summed E-state index contributed by atoms with van der Waals surface area (Å²) in [7, 11) is -3.62. The maximum Gasteiger partial charge on any atom is 0.240 e. The summed E-state index contributed by atoms with van der Waals surface area (Å²) in [5.74, 6) is 0.197. The number of carbonyl (C=O) groups excluding carboxylic acids is 1. The van der Waals surface area contributed by atoms with Crippen molar-refractivity contribution in [3.63, 3.8) is 0 Å². The number of halogens is 1. The Morgan fingerprint density at radius 1 is 1.13 bits per heavy atom. The van der Waals surface area contributed by atoms with Crippen LogP contribution in [0.2, 0.25) is 5.02 Å². The van der Waals surface area contributed by atoms with Gasteiger partial charge in [-0.2, -0.15) is 0 Å². The number of ether oxygens (including phenoxy) is 1. The zero-order valence-corrected chi connectivity index (χ0v) is 19.6. The maximum absolute atomic E-state index is 12.3. The molecule has 0 saturated heterocycles. The molecule has 0 unspecified atom stereocenters. The fourth-order valence-corrected chi connectivity index (χ4v) is 3.76. The van der Waals surface area contributed by atoms with Gasteiger partial charge in [-0.1, -0.05) is 50.6 Å². The van der Waals surface area contributed by atoms with Crippen molar-refractivity contribution in [2.45, 2.75) is 33.1 Å². The number of sulfonamides is 1. The van der Waals surface area contributed by atoms with E-state index in [0.717, 1.165) is 21.7 Å². The highest BCUT2D eigenvalue weighted by Crippen LogP contribution is 2.26. The van der Waals surface area contributed by atoms with Crippen LogP contribution in [0.5, 0.6) is 5.75 Å². The maximum atomic E-state index is 12.3. The van der Waals surface area contributed by atoms with Gasteiger partial charge in [0.05, 0.1) is 18.5 Å². The summed E-state index contributed by atoms with van der Waals surface area (Å²) < 4.78 is 31.1. The van der Waals surface area contributed by atoms with Crippen molar-refractivity contribution in [2.24, 2.45) is 0 Å². The van der Waals surface area contributed by atoms with Crippen molar-refractivity contribution < 1.29 is 17.9 Å². The van der Waals surface area contributed by atoms with E-state index in [-0.39, 0.29) is 25.1 Å². The second kappa shape index (κ2) is 9.71. The second-order valence-corrected chi connectivity index (χ2v) is 10.5. The largest absolute Gasteiger partial charge is 0.492 e. The minimum Gasteiger partial charge on any atom is -0.492 e. The summed E-state index contributed by atoms with van der Waals surface area (Å²) in [6, 6.07) is 12.6. The first-order valence-corrected chi connectivity index (χ1v) is 11.8. The average Bonchev–Trinajstić information content (AvgIpc) is 2.64. The van der Waals surface area contributed by atoms with Crippen LogP contribution in [0, 0.1) is 6.92 Å². The van der Waals surface area contributed by atoms with Gasteiger partial charge in [0.25, 0.3) is 0 Å². The van der Waals surface area contributed by atoms with E-state index >= 15 is 0 Å². The molecule has 2 rings (SSSR count). The molecule has 0 heterocycles. The molecule has 2 aromatic rings. The number of aryl methyl sites for hydroxylation is 1. The Bertz CT molecular complexity index is 983. The van der Waals surface area contributed by atoms with Gasteiger partial charge in [0.1, 0.15) is 18.9 Å². The van der Waals surface area contributed by atoms with Gasteiger partial charge in [-0.25, -0.2) is 8.42 Å². The lowest BCUT2D eigenvalue weighted by Gasteiger charge is -2.24. The molecule has 1 N–H and O–H groups in total. The molecule has 30 heavy (non-hydrogen) atoms. The molecule has 0 aromatic heterocycles. The molecule has 0 aliphatic heterocycles. The second-order valence-electron chi connectivity index (χ2n) is 8.18. The van der Waals surface area contributed by atoms with E-state index in [1.807, 2.05) is 25.1 Å². The predicted octanol–water partition coefficient (Wildman–Crippen LogP) is 3.91. The average molecular weight is 453 g/mol. The quantitative estimate of drug-likeness (QED) is 0.616. The van der Waals surface area contributed by atoms with Gasteiger partial charge in [0.15, 0.2) is 0 Å². The van der Waals surface area contributed by atoms with E-state index in [9.17, 15) is 13.2 Å². The lowest BCUT2D eigenvalue weighted by atomic mass is 9.87. The monoisotopic (exact) mass is 452 g/mol. The minimum absolute atomic E-state index is 0.0481. The van der Waals surface area contributed by atoms with Crippen LogP contribution in [-0.4, -0.2) is 40.3 Å². The lowest BCUT2D eigenvalue weighted by molar-refractivity contribution is -0.119. The van der Waals surface area contributed by atoms with Crippen LogP contribution in [0.15, 0.2) is 42.5 Å². The topological polar surface area (TPSA) is 75.7 Å². The van der Waals surface area contributed by atoms with Crippen molar-refractivity contribution in [1.29, 1.82) is 0 Å². The van der Waals surface area contributed by atoms with E-state index in [2.05, 4.69) is 26.1 Å². The lowest BCUT2D eigenvalue weighted by Crippen LogP contribution is -2.41. The SMILES string of the molecule is Cc1ccc(OCCNC(=O)CN(c2ccc(C(C)(C)C)cc2)S(C)(=O)=O)cc1Cl. The van der Waals surface area contributed by atoms with Crippen LogP contribution < -0.4 is 14.4 Å². The van der Waals surface area contributed by atoms with Crippen molar-refractivity contribution in [3.8, 4) is 5.75 Å². The summed E-state index contributed by atoms with van der Waals surface area (Å²) in [4.78, 5) is 12.3. The van der Waals surface area contributed by atoms with Crippen LogP contribution in [0.25, 0.3) is 0 Å². The molecule has 0 spiro atoms. The highest BCUT2D eigenvalue weighted by Gasteiger charge is 2.21. The number of anilines is 1. The Labute approximate surface area is 184 Å². The van der Waals surface area contributed by atoms with Crippen molar-refractivity contribution in [3.05, 3.63) is 58.6 Å². The normalized spacial score (nSPS) is 11.8. The molecule has 0 fully saturated rings. The standard InChI is InChI=1S/C22H29ClN2O4S/c1-16-6-11-19(14-20(16)23)29-13-12-24-21(26)15-25(30(5,27)28)18-9-7-17(8-10-18)22(2,3)4/h6-11,14H,12-13,15H2,1-5H3,(H,24,26). The molecule has 164 valence electrons. The van der Waals surface area contributed by atoms with Crippen LogP contribution >= 0.6 is 11.6 Å². The Kier molecular flexibility index (Phi) is 7.77. The Hall–Kier alpha value is -2.25. The highest BCUT2D eigenvalue weighted by molar-refractivity contribution is 7.92. The first-order valence-electron chi connectivity index (χ1n) is 9.62. The molecular formula is C22H29ClN2O4S. The molecule has 0 aliphatic carbocycles.